The number of hydrogen-bond donors (Lipinski definition) is 0. The molecule has 1 aromatic heterocycles. The molecule has 1 heterocycles. The van der Waals surface area contributed by atoms with Crippen molar-refractivity contribution >= 4 is 0 Å². The van der Waals surface area contributed by atoms with Crippen LogP contribution in [-0.4, -0.2) is 4.57 Å². The third kappa shape index (κ3) is 1.65. The minimum absolute atomic E-state index is 1.16. The van der Waals surface area contributed by atoms with E-state index >= 15 is 0 Å². The van der Waals surface area contributed by atoms with Crippen molar-refractivity contribution in [2.24, 2.45) is 7.05 Å². The Morgan fingerprint density at radius 3 is 2.64 bits per heavy atom. The molecule has 0 N–H and O–H groups in total. The van der Waals surface area contributed by atoms with Crippen LogP contribution in [0.15, 0.2) is 12.3 Å². The Hall–Kier alpha value is -0.720. The van der Waals surface area contributed by atoms with Crippen molar-refractivity contribution in [2.45, 2.75) is 33.1 Å². The minimum atomic E-state index is 1.16. The summed E-state index contributed by atoms with van der Waals surface area (Å²) in [7, 11) is 2.13. The SMILES string of the molecule is CCCc1c(CC)ccn1C. The Labute approximate surface area is 69.0 Å². The molecule has 0 bridgehead atoms. The summed E-state index contributed by atoms with van der Waals surface area (Å²) < 4.78 is 2.24. The molecule has 0 saturated carbocycles. The van der Waals surface area contributed by atoms with Crippen LogP contribution in [0.5, 0.6) is 0 Å². The van der Waals surface area contributed by atoms with Gasteiger partial charge >= 0.3 is 0 Å². The Balaban J connectivity index is 2.88. The van der Waals surface area contributed by atoms with E-state index in [4.69, 9.17) is 0 Å². The number of aromatic nitrogens is 1. The van der Waals surface area contributed by atoms with Gasteiger partial charge in [0.2, 0.25) is 0 Å². The van der Waals surface area contributed by atoms with Gasteiger partial charge in [0.25, 0.3) is 0 Å². The molecule has 1 heteroatoms. The lowest BCUT2D eigenvalue weighted by Crippen LogP contribution is -1.97. The van der Waals surface area contributed by atoms with Crippen LogP contribution in [0.4, 0.5) is 0 Å². The zero-order valence-electron chi connectivity index (χ0n) is 7.72. The van der Waals surface area contributed by atoms with E-state index in [2.05, 4.69) is 37.7 Å². The van der Waals surface area contributed by atoms with Crippen molar-refractivity contribution in [3.63, 3.8) is 0 Å². The summed E-state index contributed by atoms with van der Waals surface area (Å²) in [5.41, 5.74) is 3.02. The molecule has 0 unspecified atom stereocenters. The van der Waals surface area contributed by atoms with Gasteiger partial charge in [0.1, 0.15) is 0 Å². The number of aryl methyl sites for hydroxylation is 2. The van der Waals surface area contributed by atoms with E-state index < -0.39 is 0 Å². The van der Waals surface area contributed by atoms with Crippen LogP contribution in [-0.2, 0) is 19.9 Å². The smallest absolute Gasteiger partial charge is 0.0203 e. The van der Waals surface area contributed by atoms with Crippen molar-refractivity contribution in [1.29, 1.82) is 0 Å². The van der Waals surface area contributed by atoms with Gasteiger partial charge in [-0.2, -0.15) is 0 Å². The highest BCUT2D eigenvalue weighted by Gasteiger charge is 2.02. The predicted octanol–water partition coefficient (Wildman–Crippen LogP) is 2.54. The molecule has 1 rings (SSSR count). The van der Waals surface area contributed by atoms with E-state index in [0.717, 1.165) is 6.42 Å². The maximum atomic E-state index is 2.24. The third-order valence-corrected chi connectivity index (χ3v) is 2.16. The van der Waals surface area contributed by atoms with Gasteiger partial charge in [0, 0.05) is 18.9 Å². The molecular formula is C10H17N. The Kier molecular flexibility index (Phi) is 2.75. The standard InChI is InChI=1S/C10H17N/c1-4-6-10-9(5-2)7-8-11(10)3/h7-8H,4-6H2,1-3H3. The van der Waals surface area contributed by atoms with Gasteiger partial charge in [-0.25, -0.2) is 0 Å². The van der Waals surface area contributed by atoms with Crippen LogP contribution in [0.2, 0.25) is 0 Å². The summed E-state index contributed by atoms with van der Waals surface area (Å²) in [6.07, 6.45) is 5.78. The van der Waals surface area contributed by atoms with Crippen LogP contribution in [0.1, 0.15) is 31.5 Å². The van der Waals surface area contributed by atoms with Crippen molar-refractivity contribution in [1.82, 2.24) is 4.57 Å². The second-order valence-corrected chi connectivity index (χ2v) is 3.00. The quantitative estimate of drug-likeness (QED) is 0.625. The summed E-state index contributed by atoms with van der Waals surface area (Å²) in [6, 6.07) is 2.23. The molecule has 0 amide bonds. The normalized spacial score (nSPS) is 10.5. The zero-order chi connectivity index (χ0) is 8.27. The van der Waals surface area contributed by atoms with Gasteiger partial charge in [-0.05, 0) is 24.5 Å². The Morgan fingerprint density at radius 1 is 1.36 bits per heavy atom. The van der Waals surface area contributed by atoms with Crippen molar-refractivity contribution in [2.75, 3.05) is 0 Å². The monoisotopic (exact) mass is 151 g/mol. The maximum Gasteiger partial charge on any atom is 0.0203 e. The summed E-state index contributed by atoms with van der Waals surface area (Å²) in [6.45, 7) is 4.45. The second-order valence-electron chi connectivity index (χ2n) is 3.00. The van der Waals surface area contributed by atoms with Crippen LogP contribution in [0.3, 0.4) is 0 Å². The molecule has 0 fully saturated rings. The second kappa shape index (κ2) is 3.61. The fourth-order valence-electron chi connectivity index (χ4n) is 1.51. The van der Waals surface area contributed by atoms with Gasteiger partial charge < -0.3 is 4.57 Å². The van der Waals surface area contributed by atoms with Gasteiger partial charge in [-0.3, -0.25) is 0 Å². The molecule has 62 valence electrons. The lowest BCUT2D eigenvalue weighted by Gasteiger charge is -2.03. The van der Waals surface area contributed by atoms with E-state index in [9.17, 15) is 0 Å². The first kappa shape index (κ1) is 8.38. The molecule has 0 atom stereocenters. The molecule has 1 aromatic rings. The fraction of sp³-hybridized carbons (Fsp3) is 0.600. The Morgan fingerprint density at radius 2 is 2.09 bits per heavy atom. The summed E-state index contributed by atoms with van der Waals surface area (Å²) in [5, 5.41) is 0. The number of nitrogens with zero attached hydrogens (tertiary/aromatic N) is 1. The highest BCUT2D eigenvalue weighted by Crippen LogP contribution is 2.12. The van der Waals surface area contributed by atoms with E-state index in [1.165, 1.54) is 24.1 Å². The van der Waals surface area contributed by atoms with E-state index in [1.807, 2.05) is 0 Å². The predicted molar refractivity (Wildman–Crippen MR) is 48.8 cm³/mol. The van der Waals surface area contributed by atoms with Gasteiger partial charge in [-0.15, -0.1) is 0 Å². The minimum Gasteiger partial charge on any atom is -0.354 e. The van der Waals surface area contributed by atoms with Crippen LogP contribution < -0.4 is 0 Å². The summed E-state index contributed by atoms with van der Waals surface area (Å²) >= 11 is 0. The topological polar surface area (TPSA) is 4.93 Å². The number of hydrogen-bond acceptors (Lipinski definition) is 0. The van der Waals surface area contributed by atoms with Crippen molar-refractivity contribution < 1.29 is 0 Å². The lowest BCUT2D eigenvalue weighted by atomic mass is 10.1. The summed E-state index contributed by atoms with van der Waals surface area (Å²) in [4.78, 5) is 0. The molecule has 0 aromatic carbocycles. The molecule has 1 nitrogen and oxygen atoms in total. The Bertz CT molecular complexity index is 223. The first-order valence-corrected chi connectivity index (χ1v) is 4.42. The fourth-order valence-corrected chi connectivity index (χ4v) is 1.51. The maximum absolute atomic E-state index is 2.24. The van der Waals surface area contributed by atoms with E-state index in [-0.39, 0.29) is 0 Å². The van der Waals surface area contributed by atoms with Gasteiger partial charge in [-0.1, -0.05) is 20.3 Å². The van der Waals surface area contributed by atoms with Crippen LogP contribution >= 0.6 is 0 Å². The molecule has 0 radical (unpaired) electrons. The van der Waals surface area contributed by atoms with Crippen LogP contribution in [0, 0.1) is 0 Å². The van der Waals surface area contributed by atoms with Crippen molar-refractivity contribution in [3.8, 4) is 0 Å². The van der Waals surface area contributed by atoms with Crippen LogP contribution in [0.25, 0.3) is 0 Å². The van der Waals surface area contributed by atoms with Crippen molar-refractivity contribution in [3.05, 3.63) is 23.5 Å². The number of rotatable bonds is 3. The third-order valence-electron chi connectivity index (χ3n) is 2.16. The average Bonchev–Trinajstić information content (AvgIpc) is 2.34. The van der Waals surface area contributed by atoms with E-state index in [0.29, 0.717) is 0 Å². The van der Waals surface area contributed by atoms with E-state index in [1.54, 1.807) is 0 Å². The molecule has 0 saturated heterocycles. The molecule has 0 aliphatic rings. The molecular weight excluding hydrogens is 134 g/mol. The molecule has 0 aliphatic heterocycles. The molecule has 0 aliphatic carbocycles. The first-order chi connectivity index (χ1) is 5.29. The van der Waals surface area contributed by atoms with Gasteiger partial charge in [0.15, 0.2) is 0 Å². The lowest BCUT2D eigenvalue weighted by molar-refractivity contribution is 0.775. The zero-order valence-corrected chi connectivity index (χ0v) is 7.72. The summed E-state index contributed by atoms with van der Waals surface area (Å²) in [5.74, 6) is 0. The average molecular weight is 151 g/mol. The van der Waals surface area contributed by atoms with Gasteiger partial charge in [0.05, 0.1) is 0 Å². The highest BCUT2D eigenvalue weighted by atomic mass is 14.9. The molecule has 11 heavy (non-hydrogen) atoms. The molecule has 0 spiro atoms. The largest absolute Gasteiger partial charge is 0.354 e. The first-order valence-electron chi connectivity index (χ1n) is 4.42. The highest BCUT2D eigenvalue weighted by molar-refractivity contribution is 5.22.